The van der Waals surface area contributed by atoms with E-state index in [0.717, 1.165) is 5.56 Å². The number of anilines is 1. The molecule has 0 unspecified atom stereocenters. The van der Waals surface area contributed by atoms with Crippen LogP contribution in [0.3, 0.4) is 0 Å². The Bertz CT molecular complexity index is 392. The van der Waals surface area contributed by atoms with Gasteiger partial charge in [-0.3, -0.25) is 4.90 Å². The fourth-order valence-electron chi connectivity index (χ4n) is 1.98. The molecule has 0 aromatic heterocycles. The minimum absolute atomic E-state index is 0.0295. The maximum absolute atomic E-state index is 9.02. The summed E-state index contributed by atoms with van der Waals surface area (Å²) >= 11 is 0. The van der Waals surface area contributed by atoms with Crippen molar-refractivity contribution in [3.63, 3.8) is 0 Å². The lowest BCUT2D eigenvalue weighted by molar-refractivity contribution is 0.154. The molecule has 1 aromatic carbocycles. The highest BCUT2D eigenvalue weighted by molar-refractivity contribution is 5.57. The molecular weight excluding hydrogens is 248 g/mol. The van der Waals surface area contributed by atoms with Gasteiger partial charge in [0.2, 0.25) is 0 Å². The molecule has 0 atom stereocenters. The maximum Gasteiger partial charge on any atom is 0.165 e. The first-order valence-electron chi connectivity index (χ1n) is 6.10. The molecule has 0 aliphatic carbocycles. The molecule has 1 rings (SSSR count). The molecule has 4 N–H and O–H groups in total. The van der Waals surface area contributed by atoms with Crippen molar-refractivity contribution < 1.29 is 19.7 Å². The van der Waals surface area contributed by atoms with Crippen LogP contribution >= 0.6 is 0 Å². The first kappa shape index (κ1) is 15.6. The van der Waals surface area contributed by atoms with Gasteiger partial charge in [-0.1, -0.05) is 0 Å². The second-order valence-corrected chi connectivity index (χ2v) is 4.14. The van der Waals surface area contributed by atoms with Gasteiger partial charge in [0.15, 0.2) is 11.5 Å². The van der Waals surface area contributed by atoms with Crippen LogP contribution in [-0.4, -0.2) is 55.6 Å². The number of rotatable bonds is 8. The molecule has 0 radical (unpaired) electrons. The summed E-state index contributed by atoms with van der Waals surface area (Å²) in [6.45, 7) is 1.52. The van der Waals surface area contributed by atoms with Gasteiger partial charge in [0, 0.05) is 37.0 Å². The van der Waals surface area contributed by atoms with Crippen LogP contribution in [-0.2, 0) is 6.54 Å². The van der Waals surface area contributed by atoms with Crippen molar-refractivity contribution in [1.29, 1.82) is 0 Å². The first-order valence-corrected chi connectivity index (χ1v) is 6.10. The van der Waals surface area contributed by atoms with Crippen LogP contribution in [0.1, 0.15) is 5.56 Å². The van der Waals surface area contributed by atoms with E-state index in [1.165, 1.54) is 0 Å². The number of methoxy groups -OCH3 is 2. The van der Waals surface area contributed by atoms with Crippen molar-refractivity contribution >= 4 is 5.69 Å². The highest BCUT2D eigenvalue weighted by Gasteiger charge is 2.14. The monoisotopic (exact) mass is 270 g/mol. The standard InChI is InChI=1S/C13H22N2O4/c1-18-12-8-11(14)7-10(13(12)19-2)9-15(3-5-16)4-6-17/h7-8,16-17H,3-6,9,14H2,1-2H3. The topological polar surface area (TPSA) is 88.2 Å². The molecular formula is C13H22N2O4. The summed E-state index contributed by atoms with van der Waals surface area (Å²) in [5.74, 6) is 1.20. The molecule has 0 aliphatic heterocycles. The number of nitrogen functional groups attached to an aromatic ring is 1. The Labute approximate surface area is 113 Å². The second-order valence-electron chi connectivity index (χ2n) is 4.14. The third-order valence-electron chi connectivity index (χ3n) is 2.80. The molecule has 6 heteroatoms. The van der Waals surface area contributed by atoms with Crippen LogP contribution in [0.2, 0.25) is 0 Å². The molecule has 0 aliphatic rings. The summed E-state index contributed by atoms with van der Waals surface area (Å²) in [4.78, 5) is 1.91. The normalized spacial score (nSPS) is 10.8. The van der Waals surface area contributed by atoms with Gasteiger partial charge < -0.3 is 25.4 Å². The third kappa shape index (κ3) is 4.27. The lowest BCUT2D eigenvalue weighted by Crippen LogP contribution is -2.29. The Morgan fingerprint density at radius 1 is 1.11 bits per heavy atom. The van der Waals surface area contributed by atoms with Gasteiger partial charge >= 0.3 is 0 Å². The number of aliphatic hydroxyl groups excluding tert-OH is 2. The number of nitrogens with zero attached hydrogens (tertiary/aromatic N) is 1. The summed E-state index contributed by atoms with van der Waals surface area (Å²) in [5.41, 5.74) is 7.28. The van der Waals surface area contributed by atoms with Crippen molar-refractivity contribution in [2.45, 2.75) is 6.54 Å². The van der Waals surface area contributed by atoms with Crippen LogP contribution in [0.4, 0.5) is 5.69 Å². The van der Waals surface area contributed by atoms with E-state index >= 15 is 0 Å². The molecule has 0 saturated heterocycles. The maximum atomic E-state index is 9.02. The van der Waals surface area contributed by atoms with Crippen LogP contribution < -0.4 is 15.2 Å². The van der Waals surface area contributed by atoms with Crippen LogP contribution in [0, 0.1) is 0 Å². The lowest BCUT2D eigenvalue weighted by Gasteiger charge is -2.22. The quantitative estimate of drug-likeness (QED) is 0.580. The Morgan fingerprint density at radius 3 is 2.21 bits per heavy atom. The average molecular weight is 270 g/mol. The summed E-state index contributed by atoms with van der Waals surface area (Å²) in [6, 6.07) is 3.51. The van der Waals surface area contributed by atoms with E-state index < -0.39 is 0 Å². The van der Waals surface area contributed by atoms with Gasteiger partial charge in [-0.2, -0.15) is 0 Å². The Hall–Kier alpha value is -1.50. The number of hydrogen-bond acceptors (Lipinski definition) is 6. The zero-order chi connectivity index (χ0) is 14.3. The molecule has 6 nitrogen and oxygen atoms in total. The van der Waals surface area contributed by atoms with Gasteiger partial charge in [-0.15, -0.1) is 0 Å². The summed E-state index contributed by atoms with van der Waals surface area (Å²) in [7, 11) is 3.13. The number of aliphatic hydroxyl groups is 2. The molecule has 108 valence electrons. The molecule has 0 saturated carbocycles. The van der Waals surface area contributed by atoms with Gasteiger partial charge in [0.25, 0.3) is 0 Å². The summed E-state index contributed by atoms with van der Waals surface area (Å²) in [5, 5.41) is 18.0. The van der Waals surface area contributed by atoms with E-state index in [1.807, 2.05) is 11.0 Å². The van der Waals surface area contributed by atoms with E-state index in [1.54, 1.807) is 20.3 Å². The van der Waals surface area contributed by atoms with Crippen LogP contribution in [0.25, 0.3) is 0 Å². The highest BCUT2D eigenvalue weighted by Crippen LogP contribution is 2.34. The number of nitrogens with two attached hydrogens (primary N) is 1. The van der Waals surface area contributed by atoms with Crippen molar-refractivity contribution in [2.24, 2.45) is 0 Å². The average Bonchev–Trinajstić information content (AvgIpc) is 2.38. The smallest absolute Gasteiger partial charge is 0.165 e. The molecule has 1 aromatic rings. The predicted octanol–water partition coefficient (Wildman–Crippen LogP) is 0.0726. The van der Waals surface area contributed by atoms with E-state index in [0.29, 0.717) is 36.8 Å². The molecule has 0 fully saturated rings. The van der Waals surface area contributed by atoms with Gasteiger partial charge in [0.1, 0.15) is 0 Å². The van der Waals surface area contributed by atoms with Gasteiger partial charge in [-0.25, -0.2) is 0 Å². The predicted molar refractivity (Wildman–Crippen MR) is 73.4 cm³/mol. The van der Waals surface area contributed by atoms with Crippen molar-refractivity contribution in [3.05, 3.63) is 17.7 Å². The molecule has 0 heterocycles. The number of hydrogen-bond donors (Lipinski definition) is 3. The molecule has 19 heavy (non-hydrogen) atoms. The number of benzene rings is 1. The van der Waals surface area contributed by atoms with E-state index in [4.69, 9.17) is 25.4 Å². The van der Waals surface area contributed by atoms with E-state index in [-0.39, 0.29) is 13.2 Å². The largest absolute Gasteiger partial charge is 0.493 e. The van der Waals surface area contributed by atoms with E-state index in [2.05, 4.69) is 0 Å². The summed E-state index contributed by atoms with van der Waals surface area (Å²) in [6.07, 6.45) is 0. The van der Waals surface area contributed by atoms with Crippen molar-refractivity contribution in [3.8, 4) is 11.5 Å². The second kappa shape index (κ2) is 7.83. The van der Waals surface area contributed by atoms with Crippen molar-refractivity contribution in [2.75, 3.05) is 46.3 Å². The van der Waals surface area contributed by atoms with Crippen LogP contribution in [0.15, 0.2) is 12.1 Å². The Kier molecular flexibility index (Phi) is 6.41. The van der Waals surface area contributed by atoms with Crippen LogP contribution in [0.5, 0.6) is 11.5 Å². The van der Waals surface area contributed by atoms with Crippen molar-refractivity contribution in [1.82, 2.24) is 4.90 Å². The molecule has 0 spiro atoms. The lowest BCUT2D eigenvalue weighted by atomic mass is 10.1. The fourth-order valence-corrected chi connectivity index (χ4v) is 1.98. The minimum Gasteiger partial charge on any atom is -0.493 e. The zero-order valence-electron chi connectivity index (χ0n) is 11.4. The number of ether oxygens (including phenoxy) is 2. The summed E-state index contributed by atoms with van der Waals surface area (Å²) < 4.78 is 10.6. The molecule has 0 bridgehead atoms. The van der Waals surface area contributed by atoms with E-state index in [9.17, 15) is 0 Å². The molecule has 0 amide bonds. The first-order chi connectivity index (χ1) is 9.15. The highest BCUT2D eigenvalue weighted by atomic mass is 16.5. The SMILES string of the molecule is COc1cc(N)cc(CN(CCO)CCO)c1OC. The third-order valence-corrected chi connectivity index (χ3v) is 2.80. The zero-order valence-corrected chi connectivity index (χ0v) is 11.4. The van der Waals surface area contributed by atoms with Gasteiger partial charge in [-0.05, 0) is 6.07 Å². The van der Waals surface area contributed by atoms with Gasteiger partial charge in [0.05, 0.1) is 27.4 Å². The Balaban J connectivity index is 3.00. The Morgan fingerprint density at radius 2 is 1.74 bits per heavy atom. The fraction of sp³-hybridized carbons (Fsp3) is 0.538. The minimum atomic E-state index is 0.0295.